The second-order valence-corrected chi connectivity index (χ2v) is 9.66. The molecule has 3 heterocycles. The quantitative estimate of drug-likeness (QED) is 0.533. The second-order valence-electron chi connectivity index (χ2n) is 8.28. The number of carbonyl (C=O) groups is 1. The van der Waals surface area contributed by atoms with Gasteiger partial charge in [0, 0.05) is 32.3 Å². The number of amides is 1. The Bertz CT molecular complexity index is 1090. The van der Waals surface area contributed by atoms with E-state index >= 15 is 0 Å². The zero-order chi connectivity index (χ0) is 24.2. The van der Waals surface area contributed by atoms with Crippen molar-refractivity contribution in [2.75, 3.05) is 44.3 Å². The minimum atomic E-state index is -0.500. The number of nitrogens with two attached hydrogens (primary N) is 1. The highest BCUT2D eigenvalue weighted by molar-refractivity contribution is 7.17. The number of nitrogens with zero attached hydrogens (tertiary/aromatic N) is 4. The highest BCUT2D eigenvalue weighted by atomic mass is 35.5. The van der Waals surface area contributed by atoms with Crippen LogP contribution in [0, 0.1) is 13.8 Å². The van der Waals surface area contributed by atoms with E-state index < -0.39 is 5.91 Å². The molecule has 1 unspecified atom stereocenters. The van der Waals surface area contributed by atoms with Crippen LogP contribution in [0.2, 0.25) is 5.02 Å². The maximum atomic E-state index is 11.7. The second kappa shape index (κ2) is 10.7. The van der Waals surface area contributed by atoms with E-state index in [1.54, 1.807) is 6.92 Å². The predicted octanol–water partition coefficient (Wildman–Crippen LogP) is 2.76. The highest BCUT2D eigenvalue weighted by Crippen LogP contribution is 2.34. The van der Waals surface area contributed by atoms with E-state index in [1.807, 2.05) is 36.1 Å². The van der Waals surface area contributed by atoms with Crippen LogP contribution < -0.4 is 21.3 Å². The predicted molar refractivity (Wildman–Crippen MR) is 137 cm³/mol. The van der Waals surface area contributed by atoms with Crippen molar-refractivity contribution in [2.45, 2.75) is 26.9 Å². The Kier molecular flexibility index (Phi) is 7.72. The Hall–Kier alpha value is -2.66. The zero-order valence-corrected chi connectivity index (χ0v) is 21.2. The van der Waals surface area contributed by atoms with Crippen LogP contribution >= 0.6 is 22.9 Å². The number of aryl methyl sites for hydroxylation is 2. The third-order valence-corrected chi connectivity index (χ3v) is 7.14. The first-order valence-electron chi connectivity index (χ1n) is 11.3. The first-order valence-corrected chi connectivity index (χ1v) is 12.5. The van der Waals surface area contributed by atoms with Crippen molar-refractivity contribution in [3.8, 4) is 0 Å². The molecular formula is C23H30ClN7O2S. The molecule has 1 fully saturated rings. The number of halogens is 1. The molecule has 0 spiro atoms. The van der Waals surface area contributed by atoms with Crippen LogP contribution in [-0.2, 0) is 4.74 Å². The van der Waals surface area contributed by atoms with Crippen molar-refractivity contribution in [1.29, 1.82) is 0 Å². The minimum absolute atomic E-state index is 0.134. The number of rotatable bonds is 7. The summed E-state index contributed by atoms with van der Waals surface area (Å²) in [6.45, 7) is 11.0. The van der Waals surface area contributed by atoms with Crippen molar-refractivity contribution in [3.63, 3.8) is 0 Å². The standard InChI is InChI=1S/C23H30ClN7O2S/c1-14-5-4-6-17(24)20(14)31-16(3)28-18(26-7-8-30-9-11-33-12-10-30)13-19(31)29-23-27-15(2)21(34-23)22(25)32/h4-6,13,16,26,28H,7-12H2,1-3H3,(H2,25,32). The summed E-state index contributed by atoms with van der Waals surface area (Å²) in [7, 11) is 0. The SMILES string of the molecule is Cc1cccc(Cl)c1N1C(=Nc2nc(C)c(C(N)=O)s2)C=C(NCCN2CCOCC2)NC1C. The van der Waals surface area contributed by atoms with Crippen LogP contribution in [0.15, 0.2) is 35.1 Å². The Morgan fingerprint density at radius 1 is 1.38 bits per heavy atom. The third-order valence-electron chi connectivity index (χ3n) is 5.77. The number of nitrogens with one attached hydrogen (secondary N) is 2. The summed E-state index contributed by atoms with van der Waals surface area (Å²) in [5.74, 6) is 1.03. The smallest absolute Gasteiger partial charge is 0.260 e. The van der Waals surface area contributed by atoms with Crippen molar-refractivity contribution in [1.82, 2.24) is 20.5 Å². The molecule has 0 saturated carbocycles. The van der Waals surface area contributed by atoms with E-state index in [4.69, 9.17) is 27.1 Å². The van der Waals surface area contributed by atoms with E-state index in [0.29, 0.717) is 26.6 Å². The number of aromatic nitrogens is 1. The van der Waals surface area contributed by atoms with Gasteiger partial charge in [0.1, 0.15) is 22.7 Å². The molecule has 1 atom stereocenters. The van der Waals surface area contributed by atoms with Gasteiger partial charge in [-0.3, -0.25) is 9.69 Å². The number of ether oxygens (including phenoxy) is 1. The zero-order valence-electron chi connectivity index (χ0n) is 19.6. The van der Waals surface area contributed by atoms with Gasteiger partial charge in [-0.2, -0.15) is 0 Å². The van der Waals surface area contributed by atoms with E-state index in [-0.39, 0.29) is 6.17 Å². The summed E-state index contributed by atoms with van der Waals surface area (Å²) in [4.78, 5) is 25.8. The van der Waals surface area contributed by atoms with Crippen LogP contribution in [-0.4, -0.2) is 67.2 Å². The lowest BCUT2D eigenvalue weighted by Gasteiger charge is -2.38. The molecule has 2 aromatic rings. The van der Waals surface area contributed by atoms with E-state index in [2.05, 4.69) is 27.4 Å². The van der Waals surface area contributed by atoms with Gasteiger partial charge in [0.05, 0.1) is 29.6 Å². The van der Waals surface area contributed by atoms with Gasteiger partial charge in [0.2, 0.25) is 5.13 Å². The van der Waals surface area contributed by atoms with Gasteiger partial charge in [-0.15, -0.1) is 0 Å². The van der Waals surface area contributed by atoms with Crippen LogP contribution in [0.25, 0.3) is 0 Å². The molecule has 2 aliphatic heterocycles. The summed E-state index contributed by atoms with van der Waals surface area (Å²) in [5.41, 5.74) is 7.96. The normalized spacial score (nSPS) is 20.2. The number of hydrogen-bond acceptors (Lipinski definition) is 8. The summed E-state index contributed by atoms with van der Waals surface area (Å²) in [5, 5.41) is 8.09. The van der Waals surface area contributed by atoms with Gasteiger partial charge in [-0.05, 0) is 32.4 Å². The van der Waals surface area contributed by atoms with Gasteiger partial charge in [0.25, 0.3) is 5.91 Å². The van der Waals surface area contributed by atoms with Gasteiger partial charge < -0.3 is 26.0 Å². The summed E-state index contributed by atoms with van der Waals surface area (Å²) in [6.07, 6.45) is 1.81. The fourth-order valence-electron chi connectivity index (χ4n) is 4.08. The molecular weight excluding hydrogens is 474 g/mol. The molecule has 11 heteroatoms. The molecule has 1 aromatic carbocycles. The number of carbonyl (C=O) groups excluding carboxylic acids is 1. The van der Waals surface area contributed by atoms with Crippen LogP contribution in [0.1, 0.15) is 27.9 Å². The van der Waals surface area contributed by atoms with Crippen molar-refractivity contribution in [3.05, 3.63) is 51.3 Å². The summed E-state index contributed by atoms with van der Waals surface area (Å²) in [6, 6.07) is 5.81. The molecule has 2 aliphatic rings. The van der Waals surface area contributed by atoms with Crippen molar-refractivity contribution >= 4 is 45.5 Å². The fraction of sp³-hybridized carbons (Fsp3) is 0.435. The molecule has 9 nitrogen and oxygen atoms in total. The van der Waals surface area contributed by atoms with Gasteiger partial charge >= 0.3 is 0 Å². The van der Waals surface area contributed by atoms with E-state index in [1.165, 1.54) is 11.3 Å². The molecule has 0 radical (unpaired) electrons. The first-order chi connectivity index (χ1) is 16.3. The number of thiazole rings is 1. The Labute approximate surface area is 208 Å². The molecule has 4 N–H and O–H groups in total. The van der Waals surface area contributed by atoms with Crippen molar-refractivity contribution < 1.29 is 9.53 Å². The molecule has 182 valence electrons. The maximum Gasteiger partial charge on any atom is 0.260 e. The largest absolute Gasteiger partial charge is 0.379 e. The molecule has 1 amide bonds. The number of aliphatic imine (C=N–C) groups is 1. The molecule has 4 rings (SSSR count). The average Bonchev–Trinajstić information content (AvgIpc) is 3.16. The topological polar surface area (TPSA) is 108 Å². The van der Waals surface area contributed by atoms with E-state index in [0.717, 1.165) is 56.5 Å². The first kappa shape index (κ1) is 24.5. The van der Waals surface area contributed by atoms with Crippen LogP contribution in [0.3, 0.4) is 0 Å². The molecule has 1 saturated heterocycles. The lowest BCUT2D eigenvalue weighted by molar-refractivity contribution is 0.0386. The van der Waals surface area contributed by atoms with Crippen molar-refractivity contribution in [2.24, 2.45) is 10.7 Å². The summed E-state index contributed by atoms with van der Waals surface area (Å²) >= 11 is 7.81. The molecule has 34 heavy (non-hydrogen) atoms. The van der Waals surface area contributed by atoms with Gasteiger partial charge in [-0.1, -0.05) is 35.1 Å². The Morgan fingerprint density at radius 2 is 2.15 bits per heavy atom. The number of amidine groups is 1. The van der Waals surface area contributed by atoms with Crippen LogP contribution in [0.5, 0.6) is 0 Å². The van der Waals surface area contributed by atoms with E-state index in [9.17, 15) is 4.79 Å². The lowest BCUT2D eigenvalue weighted by atomic mass is 10.1. The monoisotopic (exact) mass is 503 g/mol. The number of benzene rings is 1. The molecule has 1 aromatic heterocycles. The molecule has 0 aliphatic carbocycles. The molecule has 0 bridgehead atoms. The lowest BCUT2D eigenvalue weighted by Crippen LogP contribution is -2.53. The Morgan fingerprint density at radius 3 is 2.82 bits per heavy atom. The number of para-hydroxylation sites is 1. The average molecular weight is 504 g/mol. The number of primary amides is 1. The minimum Gasteiger partial charge on any atom is -0.379 e. The highest BCUT2D eigenvalue weighted by Gasteiger charge is 2.28. The number of anilines is 1. The number of hydrogen-bond donors (Lipinski definition) is 3. The maximum absolute atomic E-state index is 11.7. The fourth-order valence-corrected chi connectivity index (χ4v) is 5.19. The van der Waals surface area contributed by atoms with Gasteiger partial charge in [-0.25, -0.2) is 9.98 Å². The number of morpholine rings is 1. The van der Waals surface area contributed by atoms with Crippen LogP contribution in [0.4, 0.5) is 10.8 Å². The summed E-state index contributed by atoms with van der Waals surface area (Å²) < 4.78 is 5.43. The Balaban J connectivity index is 1.65. The van der Waals surface area contributed by atoms with Gasteiger partial charge in [0.15, 0.2) is 0 Å². The third kappa shape index (κ3) is 5.52.